The van der Waals surface area contributed by atoms with E-state index in [-0.39, 0.29) is 12.1 Å². The monoisotopic (exact) mass is 301 g/mol. The van der Waals surface area contributed by atoms with Gasteiger partial charge in [0.25, 0.3) is 0 Å². The van der Waals surface area contributed by atoms with E-state index in [1.165, 1.54) is 5.56 Å². The van der Waals surface area contributed by atoms with Crippen molar-refractivity contribution in [1.29, 1.82) is 0 Å². The molecular formula is C16H19N3O3. The molecule has 116 valence electrons. The minimum Gasteiger partial charge on any atom is -0.490 e. The Morgan fingerprint density at radius 2 is 2.18 bits per heavy atom. The lowest BCUT2D eigenvalue weighted by Gasteiger charge is -2.12. The average molecular weight is 301 g/mol. The molecule has 2 heterocycles. The van der Waals surface area contributed by atoms with Crippen LogP contribution in [0.15, 0.2) is 22.7 Å². The highest BCUT2D eigenvalue weighted by Crippen LogP contribution is 2.36. The van der Waals surface area contributed by atoms with E-state index < -0.39 is 0 Å². The third-order valence-electron chi connectivity index (χ3n) is 3.89. The Bertz CT molecular complexity index is 709. The molecule has 1 aliphatic heterocycles. The van der Waals surface area contributed by atoms with Crippen LogP contribution in [0.3, 0.4) is 0 Å². The zero-order valence-electron chi connectivity index (χ0n) is 12.9. The van der Waals surface area contributed by atoms with Gasteiger partial charge in [-0.25, -0.2) is 4.79 Å². The molecule has 3 rings (SSSR count). The minimum atomic E-state index is -0.250. The van der Waals surface area contributed by atoms with Gasteiger partial charge in [-0.15, -0.1) is 0 Å². The van der Waals surface area contributed by atoms with Crippen molar-refractivity contribution >= 4 is 6.03 Å². The summed E-state index contributed by atoms with van der Waals surface area (Å²) in [5.41, 5.74) is 4.03. The van der Waals surface area contributed by atoms with Crippen molar-refractivity contribution in [2.24, 2.45) is 0 Å². The first kappa shape index (κ1) is 14.4. The van der Waals surface area contributed by atoms with Crippen molar-refractivity contribution in [3.63, 3.8) is 0 Å². The number of urea groups is 1. The fourth-order valence-corrected chi connectivity index (χ4v) is 2.53. The van der Waals surface area contributed by atoms with E-state index in [9.17, 15) is 4.79 Å². The molecular weight excluding hydrogens is 282 g/mol. The lowest BCUT2D eigenvalue weighted by atomic mass is 10.0. The fraction of sp³-hybridized carbons (Fsp3) is 0.375. The Morgan fingerprint density at radius 1 is 1.36 bits per heavy atom. The van der Waals surface area contributed by atoms with E-state index in [4.69, 9.17) is 9.26 Å². The Labute approximate surface area is 128 Å². The molecule has 0 fully saturated rings. The van der Waals surface area contributed by atoms with Gasteiger partial charge in [-0.3, -0.25) is 0 Å². The number of hydrogen-bond acceptors (Lipinski definition) is 4. The number of carbonyl (C=O) groups is 1. The number of amides is 2. The highest BCUT2D eigenvalue weighted by Gasteiger charge is 2.27. The number of aromatic nitrogens is 1. The largest absolute Gasteiger partial charge is 0.490 e. The van der Waals surface area contributed by atoms with Gasteiger partial charge < -0.3 is 19.9 Å². The van der Waals surface area contributed by atoms with Crippen molar-refractivity contribution in [3.8, 4) is 5.75 Å². The van der Waals surface area contributed by atoms with Crippen LogP contribution in [0.2, 0.25) is 0 Å². The molecule has 1 aliphatic rings. The third-order valence-corrected chi connectivity index (χ3v) is 3.89. The SMILES string of the molecule is Cc1cc(CNC(=O)NC2COc3c2ccc(C)c3C)no1. The van der Waals surface area contributed by atoms with Crippen LogP contribution in [0.5, 0.6) is 5.75 Å². The average Bonchev–Trinajstić information content (AvgIpc) is 3.08. The van der Waals surface area contributed by atoms with Crippen LogP contribution >= 0.6 is 0 Å². The molecule has 0 saturated heterocycles. The standard InChI is InChI=1S/C16H19N3O3/c1-9-4-5-13-14(8-21-15(13)11(9)3)18-16(20)17-7-12-6-10(2)22-19-12/h4-6,14H,7-8H2,1-3H3,(H2,17,18,20). The molecule has 0 spiro atoms. The lowest BCUT2D eigenvalue weighted by Crippen LogP contribution is -2.38. The number of nitrogens with one attached hydrogen (secondary N) is 2. The summed E-state index contributed by atoms with van der Waals surface area (Å²) in [6.07, 6.45) is 0. The molecule has 6 nitrogen and oxygen atoms in total. The molecule has 1 aromatic heterocycles. The number of nitrogens with zero attached hydrogens (tertiary/aromatic N) is 1. The van der Waals surface area contributed by atoms with E-state index in [0.717, 1.165) is 22.6 Å². The number of benzene rings is 1. The van der Waals surface area contributed by atoms with Crippen LogP contribution in [0.4, 0.5) is 4.79 Å². The lowest BCUT2D eigenvalue weighted by molar-refractivity contribution is 0.231. The highest BCUT2D eigenvalue weighted by atomic mass is 16.5. The molecule has 2 aromatic rings. The van der Waals surface area contributed by atoms with Gasteiger partial charge in [-0.1, -0.05) is 17.3 Å². The van der Waals surface area contributed by atoms with Crippen molar-refractivity contribution in [2.75, 3.05) is 6.61 Å². The molecule has 0 bridgehead atoms. The zero-order chi connectivity index (χ0) is 15.7. The number of carbonyl (C=O) groups excluding carboxylic acids is 1. The Hall–Kier alpha value is -2.50. The second kappa shape index (κ2) is 5.71. The molecule has 0 aliphatic carbocycles. The predicted octanol–water partition coefficient (Wildman–Crippen LogP) is 2.53. The van der Waals surface area contributed by atoms with E-state index >= 15 is 0 Å². The first-order valence-electron chi connectivity index (χ1n) is 7.24. The summed E-state index contributed by atoms with van der Waals surface area (Å²) in [6, 6.07) is 5.47. The van der Waals surface area contributed by atoms with E-state index in [1.807, 2.05) is 32.9 Å². The summed E-state index contributed by atoms with van der Waals surface area (Å²) >= 11 is 0. The van der Waals surface area contributed by atoms with Gasteiger partial charge in [-0.2, -0.15) is 0 Å². The van der Waals surface area contributed by atoms with Gasteiger partial charge in [-0.05, 0) is 31.9 Å². The van der Waals surface area contributed by atoms with Crippen molar-refractivity contribution in [2.45, 2.75) is 33.4 Å². The first-order valence-corrected chi connectivity index (χ1v) is 7.24. The summed E-state index contributed by atoms with van der Waals surface area (Å²) in [5, 5.41) is 9.53. The minimum absolute atomic E-state index is 0.131. The number of fused-ring (bicyclic) bond motifs is 1. The molecule has 6 heteroatoms. The summed E-state index contributed by atoms with van der Waals surface area (Å²) in [6.45, 7) is 6.68. The van der Waals surface area contributed by atoms with E-state index in [0.29, 0.717) is 18.8 Å². The Kier molecular flexibility index (Phi) is 3.75. The fourth-order valence-electron chi connectivity index (χ4n) is 2.53. The maximum absolute atomic E-state index is 12.0. The number of hydrogen-bond donors (Lipinski definition) is 2. The Morgan fingerprint density at radius 3 is 2.91 bits per heavy atom. The maximum atomic E-state index is 12.0. The molecule has 1 atom stereocenters. The smallest absolute Gasteiger partial charge is 0.315 e. The van der Waals surface area contributed by atoms with Crippen LogP contribution in [-0.4, -0.2) is 17.8 Å². The van der Waals surface area contributed by atoms with Crippen LogP contribution in [-0.2, 0) is 6.54 Å². The first-order chi connectivity index (χ1) is 10.5. The maximum Gasteiger partial charge on any atom is 0.315 e. The second-order valence-electron chi connectivity index (χ2n) is 5.55. The molecule has 2 N–H and O–H groups in total. The van der Waals surface area contributed by atoms with E-state index in [2.05, 4.69) is 15.8 Å². The second-order valence-corrected chi connectivity index (χ2v) is 5.55. The Balaban J connectivity index is 1.61. The predicted molar refractivity (Wildman–Crippen MR) is 80.8 cm³/mol. The quantitative estimate of drug-likeness (QED) is 0.913. The van der Waals surface area contributed by atoms with Crippen molar-refractivity contribution < 1.29 is 14.1 Å². The van der Waals surface area contributed by atoms with Crippen LogP contribution in [0.25, 0.3) is 0 Å². The molecule has 0 saturated carbocycles. The summed E-state index contributed by atoms with van der Waals surface area (Å²) in [7, 11) is 0. The summed E-state index contributed by atoms with van der Waals surface area (Å²) < 4.78 is 10.7. The van der Waals surface area contributed by atoms with Crippen molar-refractivity contribution in [1.82, 2.24) is 15.8 Å². The normalized spacial score (nSPS) is 16.0. The number of rotatable bonds is 3. The van der Waals surface area contributed by atoms with Crippen LogP contribution < -0.4 is 15.4 Å². The molecule has 22 heavy (non-hydrogen) atoms. The van der Waals surface area contributed by atoms with Gasteiger partial charge in [0.1, 0.15) is 23.8 Å². The number of ether oxygens (including phenoxy) is 1. The van der Waals surface area contributed by atoms with E-state index in [1.54, 1.807) is 6.07 Å². The molecule has 1 aromatic carbocycles. The molecule has 0 radical (unpaired) electrons. The van der Waals surface area contributed by atoms with Crippen molar-refractivity contribution in [3.05, 3.63) is 46.3 Å². The number of aryl methyl sites for hydroxylation is 2. The third kappa shape index (κ3) is 2.77. The molecule has 1 unspecified atom stereocenters. The summed E-state index contributed by atoms with van der Waals surface area (Å²) in [4.78, 5) is 12.0. The zero-order valence-corrected chi connectivity index (χ0v) is 12.9. The van der Waals surface area contributed by atoms with Gasteiger partial charge in [0.05, 0.1) is 12.6 Å². The highest BCUT2D eigenvalue weighted by molar-refractivity contribution is 5.74. The summed E-state index contributed by atoms with van der Waals surface area (Å²) in [5.74, 6) is 1.61. The van der Waals surface area contributed by atoms with Crippen LogP contribution in [0, 0.1) is 20.8 Å². The molecule has 2 amide bonds. The van der Waals surface area contributed by atoms with Gasteiger partial charge in [0.2, 0.25) is 0 Å². The van der Waals surface area contributed by atoms with Gasteiger partial charge >= 0.3 is 6.03 Å². The van der Waals surface area contributed by atoms with Gasteiger partial charge in [0, 0.05) is 11.6 Å². The topological polar surface area (TPSA) is 76.4 Å². The van der Waals surface area contributed by atoms with Gasteiger partial charge in [0.15, 0.2) is 0 Å². The van der Waals surface area contributed by atoms with Crippen LogP contribution in [0.1, 0.15) is 34.2 Å².